The average molecular weight is 321 g/mol. The zero-order valence-corrected chi connectivity index (χ0v) is 11.7. The fourth-order valence-electron chi connectivity index (χ4n) is 2.06. The highest BCUT2D eigenvalue weighted by Gasteiger charge is 2.26. The summed E-state index contributed by atoms with van der Waals surface area (Å²) in [4.78, 5) is 0. The quantitative estimate of drug-likeness (QED) is 0.928. The maximum Gasteiger partial charge on any atom is 0.231 e. The van der Waals surface area contributed by atoms with Crippen LogP contribution in [0, 0.1) is 5.92 Å². The van der Waals surface area contributed by atoms with Crippen molar-refractivity contribution in [3.8, 4) is 11.5 Å². The van der Waals surface area contributed by atoms with Crippen LogP contribution in [0.1, 0.15) is 30.9 Å². The Hall–Kier alpha value is -0.450. The fourth-order valence-corrected chi connectivity index (χ4v) is 2.67. The van der Waals surface area contributed by atoms with E-state index in [4.69, 9.17) is 15.2 Å². The lowest BCUT2D eigenvalue weighted by molar-refractivity contribution is 0.174. The summed E-state index contributed by atoms with van der Waals surface area (Å²) in [6, 6.07) is 4.04. The molecule has 0 amide bonds. The van der Waals surface area contributed by atoms with Crippen LogP contribution in [0.3, 0.4) is 0 Å². The van der Waals surface area contributed by atoms with Gasteiger partial charge in [0.15, 0.2) is 11.5 Å². The number of nitrogens with two attached hydrogens (primary N) is 1. The topological polar surface area (TPSA) is 44.5 Å². The highest BCUT2D eigenvalue weighted by molar-refractivity contribution is 9.10. The van der Waals surface area contributed by atoms with Gasteiger partial charge in [0.2, 0.25) is 6.79 Å². The summed E-state index contributed by atoms with van der Waals surface area (Å²) in [6.45, 7) is 0.309. The number of benzene rings is 1. The fraction of sp³-hybridized carbons (Fsp3) is 0.500. The Kier molecular flexibility index (Phi) is 3.85. The third-order valence-corrected chi connectivity index (χ3v) is 3.86. The minimum Gasteiger partial charge on any atom is -0.454 e. The van der Waals surface area contributed by atoms with E-state index in [0.717, 1.165) is 33.9 Å². The number of ether oxygens (including phenoxy) is 2. The monoisotopic (exact) mass is 319 g/mol. The van der Waals surface area contributed by atoms with Crippen molar-refractivity contribution in [2.45, 2.75) is 25.3 Å². The van der Waals surface area contributed by atoms with Crippen LogP contribution in [0.4, 0.5) is 0 Å². The van der Waals surface area contributed by atoms with Crippen LogP contribution in [0.15, 0.2) is 16.6 Å². The first-order chi connectivity index (χ1) is 7.74. The van der Waals surface area contributed by atoms with Crippen molar-refractivity contribution in [2.75, 3.05) is 6.79 Å². The zero-order chi connectivity index (χ0) is 11.1. The van der Waals surface area contributed by atoms with Gasteiger partial charge in [-0.15, -0.1) is 12.4 Å². The van der Waals surface area contributed by atoms with Crippen molar-refractivity contribution in [1.29, 1.82) is 0 Å². The lowest BCUT2D eigenvalue weighted by Gasteiger charge is -2.14. The number of rotatable bonds is 3. The molecule has 1 atom stereocenters. The van der Waals surface area contributed by atoms with E-state index in [-0.39, 0.29) is 18.4 Å². The summed E-state index contributed by atoms with van der Waals surface area (Å²) in [6.07, 6.45) is 3.73. The Labute approximate surface area is 115 Å². The summed E-state index contributed by atoms with van der Waals surface area (Å²) in [5.74, 6) is 2.44. The Bertz CT molecular complexity index is 423. The smallest absolute Gasteiger partial charge is 0.231 e. The van der Waals surface area contributed by atoms with Gasteiger partial charge >= 0.3 is 0 Å². The van der Waals surface area contributed by atoms with Crippen molar-refractivity contribution in [3.05, 3.63) is 22.2 Å². The molecule has 1 aliphatic heterocycles. The summed E-state index contributed by atoms with van der Waals surface area (Å²) < 4.78 is 11.7. The molecule has 5 heteroatoms. The SMILES string of the molecule is Cl.N[C@@H](CC1CC1)c1cc2c(cc1Br)OCO2. The molecule has 0 radical (unpaired) electrons. The van der Waals surface area contributed by atoms with Gasteiger partial charge in [-0.1, -0.05) is 28.8 Å². The molecular formula is C12H15BrClNO2. The van der Waals surface area contributed by atoms with Crippen LogP contribution < -0.4 is 15.2 Å². The van der Waals surface area contributed by atoms with E-state index >= 15 is 0 Å². The standard InChI is InChI=1S/C12H14BrNO2.ClH/c13-9-5-12-11(15-6-16-12)4-8(9)10(14)3-7-1-2-7;/h4-5,7,10H,1-3,6,14H2;1H/t10-;/m0./s1. The molecule has 1 aromatic carbocycles. The van der Waals surface area contributed by atoms with Crippen LogP contribution in [-0.4, -0.2) is 6.79 Å². The van der Waals surface area contributed by atoms with Crippen LogP contribution in [-0.2, 0) is 0 Å². The van der Waals surface area contributed by atoms with Crippen LogP contribution in [0.5, 0.6) is 11.5 Å². The Morgan fingerprint density at radius 1 is 1.29 bits per heavy atom. The first-order valence-electron chi connectivity index (χ1n) is 5.58. The first-order valence-corrected chi connectivity index (χ1v) is 6.38. The van der Waals surface area contributed by atoms with E-state index in [0.29, 0.717) is 6.79 Å². The molecule has 1 saturated carbocycles. The molecule has 0 saturated heterocycles. The van der Waals surface area contributed by atoms with Crippen LogP contribution >= 0.6 is 28.3 Å². The van der Waals surface area contributed by atoms with Crippen molar-refractivity contribution < 1.29 is 9.47 Å². The van der Waals surface area contributed by atoms with Crippen LogP contribution in [0.2, 0.25) is 0 Å². The van der Waals surface area contributed by atoms with Crippen LogP contribution in [0.25, 0.3) is 0 Å². The highest BCUT2D eigenvalue weighted by Crippen LogP contribution is 2.42. The molecule has 1 aliphatic carbocycles. The predicted molar refractivity (Wildman–Crippen MR) is 71.8 cm³/mol. The second-order valence-corrected chi connectivity index (χ2v) is 5.37. The molecule has 3 rings (SSSR count). The molecule has 0 unspecified atom stereocenters. The number of halogens is 2. The second-order valence-electron chi connectivity index (χ2n) is 4.51. The van der Waals surface area contributed by atoms with Gasteiger partial charge in [-0.3, -0.25) is 0 Å². The molecular weight excluding hydrogens is 305 g/mol. The molecule has 3 nitrogen and oxygen atoms in total. The Balaban J connectivity index is 0.00000108. The van der Waals surface area contributed by atoms with Crippen molar-refractivity contribution in [1.82, 2.24) is 0 Å². The van der Waals surface area contributed by atoms with E-state index in [9.17, 15) is 0 Å². The summed E-state index contributed by atoms with van der Waals surface area (Å²) in [5.41, 5.74) is 7.33. The maximum absolute atomic E-state index is 6.20. The molecule has 0 bridgehead atoms. The molecule has 94 valence electrons. The van der Waals surface area contributed by atoms with Gasteiger partial charge in [0.1, 0.15) is 0 Å². The third-order valence-electron chi connectivity index (χ3n) is 3.18. The number of hydrogen-bond donors (Lipinski definition) is 1. The van der Waals surface area contributed by atoms with Crippen molar-refractivity contribution in [3.63, 3.8) is 0 Å². The normalized spacial score (nSPS) is 18.7. The van der Waals surface area contributed by atoms with E-state index in [1.807, 2.05) is 12.1 Å². The van der Waals surface area contributed by atoms with E-state index in [1.165, 1.54) is 12.8 Å². The van der Waals surface area contributed by atoms with Gasteiger partial charge in [-0.2, -0.15) is 0 Å². The summed E-state index contributed by atoms with van der Waals surface area (Å²) in [7, 11) is 0. The van der Waals surface area contributed by atoms with E-state index < -0.39 is 0 Å². The summed E-state index contributed by atoms with van der Waals surface area (Å²) >= 11 is 3.55. The van der Waals surface area contributed by atoms with Crippen molar-refractivity contribution in [2.24, 2.45) is 11.7 Å². The first kappa shape index (κ1) is 13.0. The van der Waals surface area contributed by atoms with Gasteiger partial charge in [0.25, 0.3) is 0 Å². The molecule has 2 aliphatic rings. The molecule has 1 heterocycles. The average Bonchev–Trinajstić information content (AvgIpc) is 2.94. The lowest BCUT2D eigenvalue weighted by atomic mass is 10.0. The maximum atomic E-state index is 6.20. The van der Waals surface area contributed by atoms with Crippen molar-refractivity contribution >= 4 is 28.3 Å². The minimum absolute atomic E-state index is 0. The van der Waals surface area contributed by atoms with E-state index in [1.54, 1.807) is 0 Å². The molecule has 2 N–H and O–H groups in total. The number of hydrogen-bond acceptors (Lipinski definition) is 3. The van der Waals surface area contributed by atoms with Gasteiger partial charge in [0, 0.05) is 10.5 Å². The minimum atomic E-state index is 0. The van der Waals surface area contributed by atoms with E-state index in [2.05, 4.69) is 15.9 Å². The van der Waals surface area contributed by atoms with Gasteiger partial charge in [-0.05, 0) is 30.0 Å². The Morgan fingerprint density at radius 3 is 2.59 bits per heavy atom. The molecule has 17 heavy (non-hydrogen) atoms. The molecule has 0 aromatic heterocycles. The van der Waals surface area contributed by atoms with Gasteiger partial charge in [-0.25, -0.2) is 0 Å². The molecule has 1 fully saturated rings. The Morgan fingerprint density at radius 2 is 1.94 bits per heavy atom. The predicted octanol–water partition coefficient (Wildman–Crippen LogP) is 3.40. The lowest BCUT2D eigenvalue weighted by Crippen LogP contribution is -2.11. The number of fused-ring (bicyclic) bond motifs is 1. The zero-order valence-electron chi connectivity index (χ0n) is 9.32. The third kappa shape index (κ3) is 2.69. The van der Waals surface area contributed by atoms with Gasteiger partial charge in [0.05, 0.1) is 0 Å². The van der Waals surface area contributed by atoms with Gasteiger partial charge < -0.3 is 15.2 Å². The molecule has 1 aromatic rings. The molecule has 0 spiro atoms. The summed E-state index contributed by atoms with van der Waals surface area (Å²) in [5, 5.41) is 0. The highest BCUT2D eigenvalue weighted by atomic mass is 79.9. The largest absolute Gasteiger partial charge is 0.454 e. The second kappa shape index (κ2) is 5.04.